The third-order valence-corrected chi connectivity index (χ3v) is 6.63. The summed E-state index contributed by atoms with van der Waals surface area (Å²) < 4.78 is 25.8. The van der Waals surface area contributed by atoms with Crippen LogP contribution in [0.15, 0.2) is 58.5 Å². The fourth-order valence-electron chi connectivity index (χ4n) is 2.86. The van der Waals surface area contributed by atoms with E-state index in [0.29, 0.717) is 5.69 Å². The molecule has 0 atom stereocenters. The normalized spacial score (nSPS) is 12.1. The quantitative estimate of drug-likeness (QED) is 0.211. The summed E-state index contributed by atoms with van der Waals surface area (Å²) in [6.45, 7) is 2.17. The number of sulfonamides is 1. The van der Waals surface area contributed by atoms with Crippen molar-refractivity contribution in [1.82, 2.24) is 9.73 Å². The molecule has 2 aromatic rings. The van der Waals surface area contributed by atoms with Crippen molar-refractivity contribution in [3.05, 3.63) is 54.1 Å². The van der Waals surface area contributed by atoms with Crippen molar-refractivity contribution in [2.45, 2.75) is 43.9 Å². The largest absolute Gasteiger partial charge is 0.508 e. The summed E-state index contributed by atoms with van der Waals surface area (Å²) in [5, 5.41) is 17.2. The first kappa shape index (κ1) is 24.8. The molecule has 0 heterocycles. The number of unbranched alkanes of at least 4 members (excludes halogenated alkanes) is 3. The zero-order chi connectivity index (χ0) is 22.9. The van der Waals surface area contributed by atoms with Crippen molar-refractivity contribution in [1.29, 1.82) is 0 Å². The number of benzene rings is 2. The lowest BCUT2D eigenvalue weighted by Crippen LogP contribution is -2.26. The third-order valence-electron chi connectivity index (χ3n) is 4.63. The molecular weight excluding hydrogens is 432 g/mol. The van der Waals surface area contributed by atoms with Crippen LogP contribution in [0.5, 0.6) is 5.75 Å². The minimum Gasteiger partial charge on any atom is -0.508 e. The first-order valence-electron chi connectivity index (χ1n) is 10.2. The molecule has 0 bridgehead atoms. The van der Waals surface area contributed by atoms with E-state index in [1.807, 2.05) is 12.1 Å². The number of nitrogens with one attached hydrogen (secondary N) is 2. The van der Waals surface area contributed by atoms with E-state index in [9.17, 15) is 13.5 Å². The Bertz CT molecular complexity index is 1000. The van der Waals surface area contributed by atoms with Crippen molar-refractivity contribution in [2.24, 2.45) is 5.10 Å². The van der Waals surface area contributed by atoms with Gasteiger partial charge in [-0.3, -0.25) is 5.43 Å². The maximum Gasteiger partial charge on any atom is 0.242 e. The standard InChI is InChI=1S/C22H30N4O3S2/c1-4-5-6-7-11-21(17-12-14-19(27)15-13-17)24-25-22(30)23-18-9-8-10-20(16-18)31(28,29)26(2)3/h8-10,12-16,27H,4-7,11H2,1-3H3,(H2,23,25,30)/b24-21+. The van der Waals surface area contributed by atoms with E-state index in [1.54, 1.807) is 24.3 Å². The van der Waals surface area contributed by atoms with Crippen LogP contribution in [0.3, 0.4) is 0 Å². The Kier molecular flexibility index (Phi) is 9.42. The van der Waals surface area contributed by atoms with Gasteiger partial charge in [0, 0.05) is 19.8 Å². The minimum atomic E-state index is -3.53. The van der Waals surface area contributed by atoms with Gasteiger partial charge in [0.1, 0.15) is 5.75 Å². The average Bonchev–Trinajstić information content (AvgIpc) is 2.74. The fraction of sp³-hybridized carbons (Fsp3) is 0.364. The Morgan fingerprint density at radius 3 is 2.45 bits per heavy atom. The summed E-state index contributed by atoms with van der Waals surface area (Å²) >= 11 is 5.34. The molecule has 0 aliphatic carbocycles. The van der Waals surface area contributed by atoms with Gasteiger partial charge in [-0.15, -0.1) is 0 Å². The molecule has 2 rings (SSSR count). The molecule has 0 aliphatic heterocycles. The topological polar surface area (TPSA) is 94.0 Å². The zero-order valence-corrected chi connectivity index (χ0v) is 19.8. The Morgan fingerprint density at radius 1 is 1.10 bits per heavy atom. The van der Waals surface area contributed by atoms with Crippen molar-refractivity contribution >= 4 is 38.8 Å². The molecule has 168 valence electrons. The van der Waals surface area contributed by atoms with Crippen LogP contribution < -0.4 is 10.7 Å². The number of nitrogens with zero attached hydrogens (tertiary/aromatic N) is 2. The molecule has 0 saturated carbocycles. The fourth-order valence-corrected chi connectivity index (χ4v) is 3.97. The van der Waals surface area contributed by atoms with Crippen molar-refractivity contribution in [3.63, 3.8) is 0 Å². The van der Waals surface area contributed by atoms with Gasteiger partial charge >= 0.3 is 0 Å². The van der Waals surface area contributed by atoms with Crippen molar-refractivity contribution in [3.8, 4) is 5.75 Å². The zero-order valence-electron chi connectivity index (χ0n) is 18.1. The molecule has 3 N–H and O–H groups in total. The summed E-state index contributed by atoms with van der Waals surface area (Å²) in [5.74, 6) is 0.201. The molecule has 2 aromatic carbocycles. The lowest BCUT2D eigenvalue weighted by atomic mass is 10.0. The number of thiocarbonyl (C=S) groups is 1. The molecule has 0 amide bonds. The number of phenolic OH excluding ortho intramolecular Hbond substituents is 1. The number of rotatable bonds is 10. The third kappa shape index (κ3) is 7.61. The molecule has 0 saturated heterocycles. The monoisotopic (exact) mass is 462 g/mol. The average molecular weight is 463 g/mol. The van der Waals surface area contributed by atoms with E-state index in [-0.39, 0.29) is 15.8 Å². The lowest BCUT2D eigenvalue weighted by Gasteiger charge is -2.13. The van der Waals surface area contributed by atoms with Crippen LogP contribution in [0, 0.1) is 0 Å². The van der Waals surface area contributed by atoms with E-state index in [2.05, 4.69) is 22.8 Å². The highest BCUT2D eigenvalue weighted by Gasteiger charge is 2.17. The molecule has 9 heteroatoms. The summed E-state index contributed by atoms with van der Waals surface area (Å²) in [4.78, 5) is 0.175. The minimum absolute atomic E-state index is 0.175. The Morgan fingerprint density at radius 2 is 1.81 bits per heavy atom. The molecule has 0 radical (unpaired) electrons. The maximum absolute atomic E-state index is 12.3. The molecule has 7 nitrogen and oxygen atoms in total. The van der Waals surface area contributed by atoms with E-state index in [1.165, 1.54) is 32.6 Å². The van der Waals surface area contributed by atoms with Crippen LogP contribution in [0.1, 0.15) is 44.6 Å². The van der Waals surface area contributed by atoms with Gasteiger partial charge in [-0.2, -0.15) is 5.10 Å². The first-order chi connectivity index (χ1) is 14.7. The number of hydrazone groups is 1. The highest BCUT2D eigenvalue weighted by atomic mass is 32.2. The Balaban J connectivity index is 2.11. The van der Waals surface area contributed by atoms with Crippen LogP contribution in [0.25, 0.3) is 0 Å². The summed E-state index contributed by atoms with van der Waals surface area (Å²) in [7, 11) is -0.558. The molecule has 0 unspecified atom stereocenters. The van der Waals surface area contributed by atoms with Gasteiger partial charge in [-0.25, -0.2) is 12.7 Å². The second kappa shape index (κ2) is 11.8. The van der Waals surface area contributed by atoms with Gasteiger partial charge in [-0.05, 0) is 73.1 Å². The second-order valence-electron chi connectivity index (χ2n) is 7.30. The molecule has 0 aromatic heterocycles. The van der Waals surface area contributed by atoms with Crippen LogP contribution in [-0.4, -0.2) is 42.7 Å². The molecule has 0 spiro atoms. The SMILES string of the molecule is CCCCCC/C(=N\NC(=S)Nc1cccc(S(=O)(=O)N(C)C)c1)c1ccc(O)cc1. The molecular formula is C22H30N4O3S2. The van der Waals surface area contributed by atoms with Crippen LogP contribution >= 0.6 is 12.2 Å². The predicted octanol–water partition coefficient (Wildman–Crippen LogP) is 4.30. The highest BCUT2D eigenvalue weighted by Crippen LogP contribution is 2.18. The number of aromatic hydroxyl groups is 1. The van der Waals surface area contributed by atoms with Gasteiger partial charge in [0.25, 0.3) is 0 Å². The predicted molar refractivity (Wildman–Crippen MR) is 130 cm³/mol. The second-order valence-corrected chi connectivity index (χ2v) is 9.86. The van der Waals surface area contributed by atoms with Crippen molar-refractivity contribution in [2.75, 3.05) is 19.4 Å². The van der Waals surface area contributed by atoms with Gasteiger partial charge < -0.3 is 10.4 Å². The highest BCUT2D eigenvalue weighted by molar-refractivity contribution is 7.89. The van der Waals surface area contributed by atoms with Gasteiger partial charge in [-0.1, -0.05) is 32.3 Å². The molecule has 0 aliphatic rings. The van der Waals surface area contributed by atoms with Gasteiger partial charge in [0.05, 0.1) is 10.6 Å². The maximum atomic E-state index is 12.3. The number of hydrogen-bond acceptors (Lipinski definition) is 5. The summed E-state index contributed by atoms with van der Waals surface area (Å²) in [6, 6.07) is 13.4. The summed E-state index contributed by atoms with van der Waals surface area (Å²) in [6.07, 6.45) is 5.21. The number of anilines is 1. The van der Waals surface area contributed by atoms with E-state index in [4.69, 9.17) is 12.2 Å². The van der Waals surface area contributed by atoms with Gasteiger partial charge in [0.15, 0.2) is 5.11 Å². The Labute approximate surface area is 190 Å². The number of phenols is 1. The lowest BCUT2D eigenvalue weighted by molar-refractivity contribution is 0.475. The first-order valence-corrected chi connectivity index (χ1v) is 12.0. The van der Waals surface area contributed by atoms with E-state index < -0.39 is 10.0 Å². The van der Waals surface area contributed by atoms with Crippen LogP contribution in [0.4, 0.5) is 5.69 Å². The van der Waals surface area contributed by atoms with Gasteiger partial charge in [0.2, 0.25) is 10.0 Å². The molecule has 31 heavy (non-hydrogen) atoms. The van der Waals surface area contributed by atoms with Crippen LogP contribution in [0.2, 0.25) is 0 Å². The Hall–Kier alpha value is -2.49. The molecule has 0 fully saturated rings. The summed E-state index contributed by atoms with van der Waals surface area (Å²) in [5.41, 5.74) is 5.14. The van der Waals surface area contributed by atoms with Crippen LogP contribution in [-0.2, 0) is 10.0 Å². The smallest absolute Gasteiger partial charge is 0.242 e. The van der Waals surface area contributed by atoms with E-state index >= 15 is 0 Å². The van der Waals surface area contributed by atoms with Crippen molar-refractivity contribution < 1.29 is 13.5 Å². The van der Waals surface area contributed by atoms with E-state index in [0.717, 1.165) is 41.3 Å². The number of hydrogen-bond donors (Lipinski definition) is 3.